The first kappa shape index (κ1) is 9.42. The Morgan fingerprint density at radius 3 is 2.10 bits per heavy atom. The van der Waals surface area contributed by atoms with Crippen molar-refractivity contribution in [3.05, 3.63) is 0 Å². The zero-order valence-corrected chi connectivity index (χ0v) is 5.27. The highest BCUT2D eigenvalue weighted by Crippen LogP contribution is 2.21. The number of aliphatic hydroxyl groups excluding tert-OH is 1. The van der Waals surface area contributed by atoms with Crippen molar-refractivity contribution >= 4 is 5.78 Å². The van der Waals surface area contributed by atoms with Crippen LogP contribution in [0, 0.1) is 0 Å². The van der Waals surface area contributed by atoms with Crippen molar-refractivity contribution in [3.63, 3.8) is 0 Å². The van der Waals surface area contributed by atoms with Gasteiger partial charge in [0.15, 0.2) is 6.10 Å². The maximum atomic E-state index is 11.4. The number of ketones is 1. The summed E-state index contributed by atoms with van der Waals surface area (Å²) in [5.41, 5.74) is 0. The molecule has 0 bridgehead atoms. The van der Waals surface area contributed by atoms with E-state index in [4.69, 9.17) is 5.11 Å². The number of Topliss-reactive ketones (excluding diaryl/α,β-unsaturated/α-hetero) is 1. The fourth-order valence-corrected chi connectivity index (χ4v) is 0.388. The molecular formula is C5H7F3O2. The average Bonchev–Trinajstić information content (AvgIpc) is 1.60. The Morgan fingerprint density at radius 2 is 2.00 bits per heavy atom. The number of rotatable bonds is 2. The Balaban J connectivity index is 3.85. The molecule has 0 aromatic rings. The smallest absolute Gasteiger partial charge is 0.383 e. The first-order valence-electron chi connectivity index (χ1n) is 2.58. The van der Waals surface area contributed by atoms with E-state index in [1.165, 1.54) is 0 Å². The van der Waals surface area contributed by atoms with Crippen LogP contribution in [0.15, 0.2) is 0 Å². The van der Waals surface area contributed by atoms with Crippen molar-refractivity contribution in [2.45, 2.75) is 25.6 Å². The zero-order chi connectivity index (χ0) is 8.36. The second kappa shape index (κ2) is 3.01. The molecule has 0 fully saturated rings. The second-order valence-electron chi connectivity index (χ2n) is 1.96. The molecule has 0 rings (SSSR count). The van der Waals surface area contributed by atoms with E-state index >= 15 is 0 Å². The van der Waals surface area contributed by atoms with Gasteiger partial charge >= 0.3 is 6.18 Å². The van der Waals surface area contributed by atoms with Crippen LogP contribution in [0.5, 0.6) is 0 Å². The normalized spacial score (nSPS) is 14.9. The van der Waals surface area contributed by atoms with Crippen LogP contribution in [-0.2, 0) is 4.79 Å². The Hall–Kier alpha value is -0.580. The minimum atomic E-state index is -4.67. The standard InChI is InChI=1S/C5H7F3O2/c1-3(9)2-4(10)5(6,7)8/h4,10H,2H2,1H3. The molecule has 10 heavy (non-hydrogen) atoms. The van der Waals surface area contributed by atoms with Crippen molar-refractivity contribution in [3.8, 4) is 0 Å². The fraction of sp³-hybridized carbons (Fsp3) is 0.800. The second-order valence-corrected chi connectivity index (χ2v) is 1.96. The molecule has 0 aliphatic carbocycles. The lowest BCUT2D eigenvalue weighted by Crippen LogP contribution is -2.30. The highest BCUT2D eigenvalue weighted by atomic mass is 19.4. The summed E-state index contributed by atoms with van der Waals surface area (Å²) in [6.07, 6.45) is -8.04. The summed E-state index contributed by atoms with van der Waals surface area (Å²) in [5, 5.41) is 8.21. The van der Waals surface area contributed by atoms with Crippen molar-refractivity contribution in [2.75, 3.05) is 0 Å². The molecule has 0 radical (unpaired) electrons. The van der Waals surface area contributed by atoms with Crippen LogP contribution in [0.3, 0.4) is 0 Å². The number of halogens is 3. The number of carbonyl (C=O) groups excluding carboxylic acids is 1. The summed E-state index contributed by atoms with van der Waals surface area (Å²) in [5.74, 6) is -0.676. The van der Waals surface area contributed by atoms with Crippen molar-refractivity contribution < 1.29 is 23.1 Å². The van der Waals surface area contributed by atoms with E-state index in [-0.39, 0.29) is 0 Å². The molecule has 0 aromatic carbocycles. The monoisotopic (exact) mass is 156 g/mol. The number of hydrogen-bond acceptors (Lipinski definition) is 2. The number of alkyl halides is 3. The molecule has 1 atom stereocenters. The molecular weight excluding hydrogens is 149 g/mol. The summed E-state index contributed by atoms with van der Waals surface area (Å²) in [6, 6.07) is 0. The van der Waals surface area contributed by atoms with Gasteiger partial charge in [0, 0.05) is 6.42 Å². The van der Waals surface area contributed by atoms with Crippen LogP contribution in [0.1, 0.15) is 13.3 Å². The molecule has 0 heterocycles. The van der Waals surface area contributed by atoms with Gasteiger partial charge in [-0.1, -0.05) is 0 Å². The van der Waals surface area contributed by atoms with Crippen LogP contribution in [0.4, 0.5) is 13.2 Å². The third-order valence-electron chi connectivity index (χ3n) is 0.859. The van der Waals surface area contributed by atoms with E-state index in [2.05, 4.69) is 0 Å². The molecule has 0 spiro atoms. The van der Waals surface area contributed by atoms with E-state index in [1.54, 1.807) is 0 Å². The minimum Gasteiger partial charge on any atom is -0.383 e. The fourth-order valence-electron chi connectivity index (χ4n) is 0.388. The summed E-state index contributed by atoms with van der Waals surface area (Å²) in [7, 11) is 0. The van der Waals surface area contributed by atoms with Gasteiger partial charge in [-0.15, -0.1) is 0 Å². The maximum absolute atomic E-state index is 11.4. The van der Waals surface area contributed by atoms with Gasteiger partial charge in [0.1, 0.15) is 5.78 Å². The van der Waals surface area contributed by atoms with Crippen LogP contribution in [0.25, 0.3) is 0 Å². The molecule has 0 amide bonds. The van der Waals surface area contributed by atoms with E-state index in [0.29, 0.717) is 0 Å². The molecule has 5 heteroatoms. The van der Waals surface area contributed by atoms with E-state index in [1.807, 2.05) is 0 Å². The van der Waals surface area contributed by atoms with Crippen LogP contribution in [-0.4, -0.2) is 23.2 Å². The highest BCUT2D eigenvalue weighted by molar-refractivity contribution is 5.76. The van der Waals surface area contributed by atoms with Gasteiger partial charge in [-0.3, -0.25) is 4.79 Å². The molecule has 1 N–H and O–H groups in total. The van der Waals surface area contributed by atoms with Gasteiger partial charge < -0.3 is 5.11 Å². The topological polar surface area (TPSA) is 37.3 Å². The largest absolute Gasteiger partial charge is 0.414 e. The third kappa shape index (κ3) is 3.45. The highest BCUT2D eigenvalue weighted by Gasteiger charge is 2.38. The molecule has 0 aliphatic rings. The van der Waals surface area contributed by atoms with Gasteiger partial charge in [-0.2, -0.15) is 13.2 Å². The van der Waals surface area contributed by atoms with Gasteiger partial charge in [0.05, 0.1) is 0 Å². The summed E-state index contributed by atoms with van der Waals surface area (Å²) in [6.45, 7) is 0.995. The SMILES string of the molecule is CC(=O)CC(O)C(F)(F)F. The van der Waals surface area contributed by atoms with Crippen LogP contribution < -0.4 is 0 Å². The Bertz CT molecular complexity index is 129. The molecule has 0 aliphatic heterocycles. The molecule has 2 nitrogen and oxygen atoms in total. The van der Waals surface area contributed by atoms with Gasteiger partial charge in [-0.25, -0.2) is 0 Å². The van der Waals surface area contributed by atoms with E-state index in [9.17, 15) is 18.0 Å². The quantitative estimate of drug-likeness (QED) is 0.644. The van der Waals surface area contributed by atoms with E-state index < -0.39 is 24.5 Å². The van der Waals surface area contributed by atoms with Crippen LogP contribution >= 0.6 is 0 Å². The number of carbonyl (C=O) groups is 1. The van der Waals surface area contributed by atoms with E-state index in [0.717, 1.165) is 6.92 Å². The van der Waals surface area contributed by atoms with Crippen molar-refractivity contribution in [1.82, 2.24) is 0 Å². The lowest BCUT2D eigenvalue weighted by molar-refractivity contribution is -0.205. The molecule has 0 saturated heterocycles. The first-order valence-corrected chi connectivity index (χ1v) is 2.58. The lowest BCUT2D eigenvalue weighted by atomic mass is 10.2. The minimum absolute atomic E-state index is 0.676. The van der Waals surface area contributed by atoms with Gasteiger partial charge in [-0.05, 0) is 6.92 Å². The lowest BCUT2D eigenvalue weighted by Gasteiger charge is -2.11. The number of aliphatic hydroxyl groups is 1. The van der Waals surface area contributed by atoms with Crippen LogP contribution in [0.2, 0.25) is 0 Å². The summed E-state index contributed by atoms with van der Waals surface area (Å²) >= 11 is 0. The molecule has 60 valence electrons. The predicted molar refractivity (Wildman–Crippen MR) is 27.4 cm³/mol. The molecule has 0 saturated carbocycles. The maximum Gasteiger partial charge on any atom is 0.414 e. The molecule has 0 aromatic heterocycles. The Kier molecular flexibility index (Phi) is 2.83. The zero-order valence-electron chi connectivity index (χ0n) is 5.27. The predicted octanol–water partition coefficient (Wildman–Crippen LogP) is 0.889. The first-order chi connectivity index (χ1) is 4.34. The molecule has 1 unspecified atom stereocenters. The van der Waals surface area contributed by atoms with Gasteiger partial charge in [0.2, 0.25) is 0 Å². The van der Waals surface area contributed by atoms with Crippen molar-refractivity contribution in [2.24, 2.45) is 0 Å². The van der Waals surface area contributed by atoms with Gasteiger partial charge in [0.25, 0.3) is 0 Å². The average molecular weight is 156 g/mol. The summed E-state index contributed by atoms with van der Waals surface area (Å²) < 4.78 is 34.2. The summed E-state index contributed by atoms with van der Waals surface area (Å²) in [4.78, 5) is 10.0. The Labute approximate surface area is 55.7 Å². The third-order valence-corrected chi connectivity index (χ3v) is 0.859. The Morgan fingerprint density at radius 1 is 1.60 bits per heavy atom. The van der Waals surface area contributed by atoms with Crippen molar-refractivity contribution in [1.29, 1.82) is 0 Å². The number of hydrogen-bond donors (Lipinski definition) is 1.